The monoisotopic (exact) mass is 402 g/mol. The number of amides is 5. The Morgan fingerprint density at radius 3 is 1.93 bits per heavy atom. The van der Waals surface area contributed by atoms with Crippen molar-refractivity contribution >= 4 is 35.5 Å². The molecule has 13 heteroatoms. The largest absolute Gasteiger partial charge is 0.480 e. The number of carbonyl (C=O) groups is 6. The van der Waals surface area contributed by atoms with Gasteiger partial charge in [0.2, 0.25) is 29.5 Å². The van der Waals surface area contributed by atoms with E-state index < -0.39 is 60.2 Å². The van der Waals surface area contributed by atoms with Gasteiger partial charge in [-0.25, -0.2) is 0 Å². The molecular weight excluding hydrogens is 376 g/mol. The van der Waals surface area contributed by atoms with Gasteiger partial charge in [0.05, 0.1) is 12.6 Å². The van der Waals surface area contributed by atoms with Gasteiger partial charge in [0, 0.05) is 12.8 Å². The fourth-order valence-corrected chi connectivity index (χ4v) is 1.91. The van der Waals surface area contributed by atoms with Gasteiger partial charge in [0.15, 0.2) is 0 Å². The lowest BCUT2D eigenvalue weighted by atomic mass is 10.1. The quantitative estimate of drug-likeness (QED) is 0.160. The first-order valence-electron chi connectivity index (χ1n) is 8.36. The van der Waals surface area contributed by atoms with E-state index >= 15 is 0 Å². The minimum Gasteiger partial charge on any atom is -0.480 e. The topological polar surface area (TPSA) is 237 Å². The molecule has 10 N–H and O–H groups in total. The van der Waals surface area contributed by atoms with Gasteiger partial charge in [0.25, 0.3) is 0 Å². The Morgan fingerprint density at radius 2 is 1.43 bits per heavy atom. The Labute approximate surface area is 160 Å². The summed E-state index contributed by atoms with van der Waals surface area (Å²) in [5.74, 6) is -4.92. The van der Waals surface area contributed by atoms with Crippen molar-refractivity contribution in [1.82, 2.24) is 16.0 Å². The number of carbonyl (C=O) groups excluding carboxylic acids is 5. The number of carboxylic acid groups (broad SMARTS) is 1. The van der Waals surface area contributed by atoms with E-state index in [0.717, 1.165) is 0 Å². The standard InChI is InChI=1S/C15H26N6O7/c1-7(15(27)28)20-12(24)6-19-14(26)9(3-5-11(18)23)21-13(25)8(16)2-4-10(17)22/h7-9H,2-6,16H2,1H3,(H2,17,22)(H2,18,23)(H,19,26)(H,20,24)(H,21,25)(H,27,28). The molecule has 0 saturated heterocycles. The molecule has 158 valence electrons. The molecule has 0 aliphatic heterocycles. The molecule has 3 unspecified atom stereocenters. The molecule has 0 rings (SSSR count). The lowest BCUT2D eigenvalue weighted by Crippen LogP contribution is -2.53. The maximum atomic E-state index is 12.2. The number of aliphatic carboxylic acids is 1. The Kier molecular flexibility index (Phi) is 10.8. The van der Waals surface area contributed by atoms with Crippen LogP contribution in [0.15, 0.2) is 0 Å². The molecule has 0 bridgehead atoms. The van der Waals surface area contributed by atoms with E-state index in [9.17, 15) is 28.8 Å². The van der Waals surface area contributed by atoms with E-state index in [1.165, 1.54) is 6.92 Å². The van der Waals surface area contributed by atoms with Crippen LogP contribution in [-0.4, -0.2) is 65.3 Å². The zero-order valence-corrected chi connectivity index (χ0v) is 15.4. The summed E-state index contributed by atoms with van der Waals surface area (Å²) in [5, 5.41) is 15.4. The average Bonchev–Trinajstić information content (AvgIpc) is 2.60. The Morgan fingerprint density at radius 1 is 0.893 bits per heavy atom. The maximum absolute atomic E-state index is 12.2. The first-order chi connectivity index (χ1) is 12.9. The van der Waals surface area contributed by atoms with Gasteiger partial charge in [-0.15, -0.1) is 0 Å². The highest BCUT2D eigenvalue weighted by Gasteiger charge is 2.25. The third-order valence-electron chi connectivity index (χ3n) is 3.52. The molecule has 0 spiro atoms. The van der Waals surface area contributed by atoms with Crippen molar-refractivity contribution in [2.24, 2.45) is 17.2 Å². The van der Waals surface area contributed by atoms with Crippen molar-refractivity contribution in [3.63, 3.8) is 0 Å². The molecule has 0 aromatic carbocycles. The minimum absolute atomic E-state index is 0.0409. The van der Waals surface area contributed by atoms with Crippen LogP contribution in [0.1, 0.15) is 32.6 Å². The molecule has 5 amide bonds. The summed E-state index contributed by atoms with van der Waals surface area (Å²) in [6, 6.07) is -3.49. The molecule has 0 radical (unpaired) electrons. The van der Waals surface area contributed by atoms with E-state index in [1.807, 2.05) is 0 Å². The number of primary amides is 2. The van der Waals surface area contributed by atoms with Gasteiger partial charge in [-0.2, -0.15) is 0 Å². The van der Waals surface area contributed by atoms with E-state index in [2.05, 4.69) is 16.0 Å². The molecule has 0 heterocycles. The molecule has 0 aromatic heterocycles. The smallest absolute Gasteiger partial charge is 0.325 e. The molecule has 13 nitrogen and oxygen atoms in total. The summed E-state index contributed by atoms with van der Waals surface area (Å²) >= 11 is 0. The molecule has 0 saturated carbocycles. The SMILES string of the molecule is CC(NC(=O)CNC(=O)C(CCC(N)=O)NC(=O)C(N)CCC(N)=O)C(=O)O. The van der Waals surface area contributed by atoms with E-state index in [1.54, 1.807) is 0 Å². The molecule has 0 aliphatic rings. The Hall–Kier alpha value is -3.22. The van der Waals surface area contributed by atoms with Crippen LogP contribution in [0.5, 0.6) is 0 Å². The predicted octanol–water partition coefficient (Wildman–Crippen LogP) is -3.96. The van der Waals surface area contributed by atoms with Gasteiger partial charge < -0.3 is 38.3 Å². The summed E-state index contributed by atoms with van der Waals surface area (Å²) < 4.78 is 0. The van der Waals surface area contributed by atoms with Crippen LogP contribution < -0.4 is 33.2 Å². The fourth-order valence-electron chi connectivity index (χ4n) is 1.91. The molecule has 0 aromatic rings. The van der Waals surface area contributed by atoms with Crippen molar-refractivity contribution in [2.45, 2.75) is 50.7 Å². The molecule has 0 fully saturated rings. The van der Waals surface area contributed by atoms with E-state index in [0.29, 0.717) is 0 Å². The minimum atomic E-state index is -1.25. The van der Waals surface area contributed by atoms with Crippen LogP contribution in [0.25, 0.3) is 0 Å². The van der Waals surface area contributed by atoms with Crippen molar-refractivity contribution in [3.05, 3.63) is 0 Å². The number of carboxylic acids is 1. The summed E-state index contributed by atoms with van der Waals surface area (Å²) in [7, 11) is 0. The van der Waals surface area contributed by atoms with Gasteiger partial charge in [-0.1, -0.05) is 0 Å². The number of hydrogen-bond acceptors (Lipinski definition) is 7. The fraction of sp³-hybridized carbons (Fsp3) is 0.600. The van der Waals surface area contributed by atoms with Gasteiger partial charge in [-0.3, -0.25) is 28.8 Å². The third-order valence-corrected chi connectivity index (χ3v) is 3.52. The van der Waals surface area contributed by atoms with Crippen LogP contribution in [-0.2, 0) is 28.8 Å². The van der Waals surface area contributed by atoms with Crippen molar-refractivity contribution < 1.29 is 33.9 Å². The molecular formula is C15H26N6O7. The first-order valence-corrected chi connectivity index (χ1v) is 8.36. The lowest BCUT2D eigenvalue weighted by Gasteiger charge is -2.20. The van der Waals surface area contributed by atoms with Crippen molar-refractivity contribution in [3.8, 4) is 0 Å². The van der Waals surface area contributed by atoms with Crippen LogP contribution in [0.4, 0.5) is 0 Å². The second kappa shape index (κ2) is 12.2. The second-order valence-corrected chi connectivity index (χ2v) is 6.02. The normalized spacial score (nSPS) is 13.5. The third kappa shape index (κ3) is 10.7. The first kappa shape index (κ1) is 24.8. The number of rotatable bonds is 13. The van der Waals surface area contributed by atoms with Crippen LogP contribution >= 0.6 is 0 Å². The highest BCUT2D eigenvalue weighted by Crippen LogP contribution is 2.01. The predicted molar refractivity (Wildman–Crippen MR) is 95.0 cm³/mol. The molecule has 0 aliphatic carbocycles. The molecule has 3 atom stereocenters. The maximum Gasteiger partial charge on any atom is 0.325 e. The Balaban J connectivity index is 4.79. The summed E-state index contributed by atoms with van der Waals surface area (Å²) in [6.07, 6.45) is -0.546. The van der Waals surface area contributed by atoms with E-state index in [-0.39, 0.29) is 25.7 Å². The van der Waals surface area contributed by atoms with Gasteiger partial charge in [-0.05, 0) is 19.8 Å². The summed E-state index contributed by atoms with van der Waals surface area (Å²) in [6.45, 7) is 0.693. The summed E-state index contributed by atoms with van der Waals surface area (Å²) in [5.41, 5.74) is 15.6. The second-order valence-electron chi connectivity index (χ2n) is 6.02. The highest BCUT2D eigenvalue weighted by molar-refractivity contribution is 5.93. The van der Waals surface area contributed by atoms with Gasteiger partial charge >= 0.3 is 5.97 Å². The van der Waals surface area contributed by atoms with Crippen molar-refractivity contribution in [2.75, 3.05) is 6.54 Å². The van der Waals surface area contributed by atoms with Crippen LogP contribution in [0.3, 0.4) is 0 Å². The van der Waals surface area contributed by atoms with Crippen LogP contribution in [0, 0.1) is 0 Å². The number of nitrogens with one attached hydrogen (secondary N) is 3. The van der Waals surface area contributed by atoms with E-state index in [4.69, 9.17) is 22.3 Å². The number of hydrogen-bond donors (Lipinski definition) is 7. The zero-order chi connectivity index (χ0) is 21.9. The average molecular weight is 402 g/mol. The zero-order valence-electron chi connectivity index (χ0n) is 15.4. The van der Waals surface area contributed by atoms with Crippen LogP contribution in [0.2, 0.25) is 0 Å². The summed E-state index contributed by atoms with van der Waals surface area (Å²) in [4.78, 5) is 68.3. The lowest BCUT2D eigenvalue weighted by molar-refractivity contribution is -0.141. The highest BCUT2D eigenvalue weighted by atomic mass is 16.4. The van der Waals surface area contributed by atoms with Crippen molar-refractivity contribution in [1.29, 1.82) is 0 Å². The van der Waals surface area contributed by atoms with Gasteiger partial charge in [0.1, 0.15) is 12.1 Å². The Bertz CT molecular complexity index is 624. The molecule has 28 heavy (non-hydrogen) atoms. The number of nitrogens with two attached hydrogens (primary N) is 3.